The molecule has 1 nitrogen and oxygen atoms in total. The summed E-state index contributed by atoms with van der Waals surface area (Å²) >= 11 is 0. The summed E-state index contributed by atoms with van der Waals surface area (Å²) in [6, 6.07) is 0. The summed E-state index contributed by atoms with van der Waals surface area (Å²) in [7, 11) is 0. The van der Waals surface area contributed by atoms with Crippen LogP contribution in [0, 0.1) is 11.3 Å². The van der Waals surface area contributed by atoms with E-state index in [1.807, 2.05) is 0 Å². The molecular formula is C22H42O. The Morgan fingerprint density at radius 2 is 1.30 bits per heavy atom. The van der Waals surface area contributed by atoms with E-state index in [4.69, 9.17) is 0 Å². The number of hydrogen-bond acceptors (Lipinski definition) is 1. The highest BCUT2D eigenvalue weighted by molar-refractivity contribution is 5.79. The van der Waals surface area contributed by atoms with Gasteiger partial charge in [0.25, 0.3) is 0 Å². The molecule has 0 radical (unpaired) electrons. The number of rotatable bonds is 13. The molecule has 1 atom stereocenters. The van der Waals surface area contributed by atoms with E-state index in [0.717, 1.165) is 19.3 Å². The van der Waals surface area contributed by atoms with Crippen molar-refractivity contribution in [2.45, 2.75) is 124 Å². The maximum atomic E-state index is 11.7. The van der Waals surface area contributed by atoms with Crippen LogP contribution < -0.4 is 0 Å². The lowest BCUT2D eigenvalue weighted by atomic mass is 9.67. The highest BCUT2D eigenvalue weighted by Crippen LogP contribution is 2.41. The number of carbonyl (C=O) groups is 1. The van der Waals surface area contributed by atoms with Gasteiger partial charge in [-0.2, -0.15) is 0 Å². The van der Waals surface area contributed by atoms with Crippen molar-refractivity contribution in [1.82, 2.24) is 0 Å². The Kier molecular flexibility index (Phi) is 10.9. The van der Waals surface area contributed by atoms with Gasteiger partial charge in [-0.1, -0.05) is 97.8 Å². The Labute approximate surface area is 146 Å². The first-order chi connectivity index (χ1) is 11.1. The lowest BCUT2D eigenvalue weighted by molar-refractivity contribution is -0.124. The van der Waals surface area contributed by atoms with Crippen LogP contribution in [0.2, 0.25) is 0 Å². The Balaban J connectivity index is 1.90. The minimum Gasteiger partial charge on any atom is -0.300 e. The normalized spacial score (nSPS) is 20.8. The summed E-state index contributed by atoms with van der Waals surface area (Å²) in [6.07, 6.45) is 21.0. The van der Waals surface area contributed by atoms with Gasteiger partial charge in [-0.3, -0.25) is 4.79 Å². The molecule has 1 aliphatic rings. The summed E-state index contributed by atoms with van der Waals surface area (Å²) in [5, 5.41) is 0. The molecule has 1 aliphatic carbocycles. The molecule has 1 heteroatoms. The molecule has 1 rings (SSSR count). The highest BCUT2D eigenvalue weighted by atomic mass is 16.1. The first-order valence-electron chi connectivity index (χ1n) is 10.6. The molecule has 0 N–H and O–H groups in total. The summed E-state index contributed by atoms with van der Waals surface area (Å²) < 4.78 is 0. The van der Waals surface area contributed by atoms with Crippen LogP contribution in [0.15, 0.2) is 0 Å². The van der Waals surface area contributed by atoms with Gasteiger partial charge in [-0.15, -0.1) is 0 Å². The number of unbranched alkanes of at least 4 members (excludes halogenated alkanes) is 11. The average Bonchev–Trinajstić information content (AvgIpc) is 2.52. The van der Waals surface area contributed by atoms with E-state index < -0.39 is 0 Å². The molecule has 23 heavy (non-hydrogen) atoms. The van der Waals surface area contributed by atoms with Crippen molar-refractivity contribution in [2.75, 3.05) is 0 Å². The standard InChI is InChI=1S/C22H42O/c1-4-5-6-7-8-9-10-11-12-13-14-15-16-20-19-21(23)17-18-22(20,2)3/h20H,4-19H2,1-3H3. The van der Waals surface area contributed by atoms with Crippen LogP contribution in [-0.2, 0) is 4.79 Å². The molecule has 0 aliphatic heterocycles. The molecule has 0 aromatic carbocycles. The van der Waals surface area contributed by atoms with Gasteiger partial charge in [0.15, 0.2) is 0 Å². The first-order valence-corrected chi connectivity index (χ1v) is 10.6. The Morgan fingerprint density at radius 3 is 1.83 bits per heavy atom. The smallest absolute Gasteiger partial charge is 0.133 e. The predicted octanol–water partition coefficient (Wildman–Crippen LogP) is 7.47. The quantitative estimate of drug-likeness (QED) is 0.321. The molecule has 1 fully saturated rings. The van der Waals surface area contributed by atoms with Gasteiger partial charge in [0.1, 0.15) is 5.78 Å². The molecule has 0 aromatic heterocycles. The van der Waals surface area contributed by atoms with Gasteiger partial charge >= 0.3 is 0 Å². The molecule has 0 saturated heterocycles. The van der Waals surface area contributed by atoms with Crippen molar-refractivity contribution >= 4 is 5.78 Å². The van der Waals surface area contributed by atoms with Gasteiger partial charge < -0.3 is 0 Å². The van der Waals surface area contributed by atoms with E-state index in [1.165, 1.54) is 83.5 Å². The second-order valence-electron chi connectivity index (χ2n) is 8.61. The van der Waals surface area contributed by atoms with Crippen molar-refractivity contribution in [3.05, 3.63) is 0 Å². The van der Waals surface area contributed by atoms with Crippen LogP contribution in [0.5, 0.6) is 0 Å². The molecule has 0 aromatic rings. The van der Waals surface area contributed by atoms with Crippen molar-refractivity contribution in [3.63, 3.8) is 0 Å². The van der Waals surface area contributed by atoms with E-state index in [-0.39, 0.29) is 0 Å². The van der Waals surface area contributed by atoms with Crippen LogP contribution >= 0.6 is 0 Å². The third kappa shape index (κ3) is 9.52. The number of carbonyl (C=O) groups excluding carboxylic acids is 1. The van der Waals surface area contributed by atoms with Gasteiger partial charge in [-0.25, -0.2) is 0 Å². The SMILES string of the molecule is CCCCCCCCCCCCCCC1CC(=O)CCC1(C)C. The molecule has 136 valence electrons. The summed E-state index contributed by atoms with van der Waals surface area (Å²) in [6.45, 7) is 7.02. The zero-order valence-corrected chi connectivity index (χ0v) is 16.3. The van der Waals surface area contributed by atoms with Crippen molar-refractivity contribution < 1.29 is 4.79 Å². The Hall–Kier alpha value is -0.330. The van der Waals surface area contributed by atoms with Crippen LogP contribution in [0.25, 0.3) is 0 Å². The fourth-order valence-corrected chi connectivity index (χ4v) is 4.04. The van der Waals surface area contributed by atoms with Crippen LogP contribution in [-0.4, -0.2) is 5.78 Å². The van der Waals surface area contributed by atoms with E-state index >= 15 is 0 Å². The minimum absolute atomic E-state index is 0.395. The largest absolute Gasteiger partial charge is 0.300 e. The topological polar surface area (TPSA) is 17.1 Å². The van der Waals surface area contributed by atoms with E-state index in [1.54, 1.807) is 0 Å². The lowest BCUT2D eigenvalue weighted by Gasteiger charge is -2.38. The Bertz CT molecular complexity index is 305. The number of Topliss-reactive ketones (excluding diaryl/α,β-unsaturated/α-hetero) is 1. The third-order valence-corrected chi connectivity index (χ3v) is 6.03. The fraction of sp³-hybridized carbons (Fsp3) is 0.955. The number of hydrogen-bond donors (Lipinski definition) is 0. The van der Waals surface area contributed by atoms with Crippen LogP contribution in [0.4, 0.5) is 0 Å². The summed E-state index contributed by atoms with van der Waals surface area (Å²) in [4.78, 5) is 11.7. The van der Waals surface area contributed by atoms with E-state index in [9.17, 15) is 4.79 Å². The highest BCUT2D eigenvalue weighted by Gasteiger charge is 2.34. The zero-order chi connectivity index (χ0) is 17.0. The zero-order valence-electron chi connectivity index (χ0n) is 16.3. The third-order valence-electron chi connectivity index (χ3n) is 6.03. The van der Waals surface area contributed by atoms with Gasteiger partial charge in [-0.05, 0) is 24.2 Å². The van der Waals surface area contributed by atoms with Gasteiger partial charge in [0, 0.05) is 12.8 Å². The lowest BCUT2D eigenvalue weighted by Crippen LogP contribution is -2.31. The molecule has 0 bridgehead atoms. The molecule has 0 heterocycles. The van der Waals surface area contributed by atoms with Gasteiger partial charge in [0.05, 0.1) is 0 Å². The van der Waals surface area contributed by atoms with Crippen molar-refractivity contribution in [3.8, 4) is 0 Å². The molecule has 0 spiro atoms. The van der Waals surface area contributed by atoms with Crippen LogP contribution in [0.3, 0.4) is 0 Å². The predicted molar refractivity (Wildman–Crippen MR) is 102 cm³/mol. The van der Waals surface area contributed by atoms with Crippen molar-refractivity contribution in [2.24, 2.45) is 11.3 Å². The molecule has 1 saturated carbocycles. The second kappa shape index (κ2) is 12.1. The molecule has 1 unspecified atom stereocenters. The fourth-order valence-electron chi connectivity index (χ4n) is 4.04. The maximum Gasteiger partial charge on any atom is 0.133 e. The number of ketones is 1. The first kappa shape index (κ1) is 20.7. The summed E-state index contributed by atoms with van der Waals surface area (Å²) in [5.74, 6) is 1.15. The molecular weight excluding hydrogens is 280 g/mol. The summed E-state index contributed by atoms with van der Waals surface area (Å²) in [5.41, 5.74) is 0.395. The van der Waals surface area contributed by atoms with Crippen molar-refractivity contribution in [1.29, 1.82) is 0 Å². The Morgan fingerprint density at radius 1 is 0.826 bits per heavy atom. The maximum absolute atomic E-state index is 11.7. The average molecular weight is 323 g/mol. The van der Waals surface area contributed by atoms with E-state index in [2.05, 4.69) is 20.8 Å². The monoisotopic (exact) mass is 322 g/mol. The second-order valence-corrected chi connectivity index (χ2v) is 8.61. The van der Waals surface area contributed by atoms with Crippen LogP contribution in [0.1, 0.15) is 124 Å². The van der Waals surface area contributed by atoms with Gasteiger partial charge in [0.2, 0.25) is 0 Å². The molecule has 0 amide bonds. The minimum atomic E-state index is 0.395. The van der Waals surface area contributed by atoms with E-state index in [0.29, 0.717) is 17.1 Å².